The van der Waals surface area contributed by atoms with Crippen LogP contribution in [0.4, 0.5) is 10.5 Å². The van der Waals surface area contributed by atoms with Crippen molar-refractivity contribution < 1.29 is 9.53 Å². The van der Waals surface area contributed by atoms with Gasteiger partial charge in [-0.3, -0.25) is 0 Å². The molecule has 2 amide bonds. The molecule has 104 valence electrons. The Labute approximate surface area is 122 Å². The van der Waals surface area contributed by atoms with E-state index in [1.165, 1.54) is 0 Å². The van der Waals surface area contributed by atoms with Crippen LogP contribution in [0, 0.1) is 0 Å². The molecule has 0 unspecified atom stereocenters. The molecule has 0 radical (unpaired) electrons. The van der Waals surface area contributed by atoms with E-state index in [1.54, 1.807) is 24.3 Å². The lowest BCUT2D eigenvalue weighted by molar-refractivity contribution is 0.247. The van der Waals surface area contributed by atoms with Gasteiger partial charge in [0.25, 0.3) is 0 Å². The van der Waals surface area contributed by atoms with E-state index in [-0.39, 0.29) is 6.03 Å². The van der Waals surface area contributed by atoms with Crippen molar-refractivity contribution in [1.82, 2.24) is 5.32 Å². The van der Waals surface area contributed by atoms with E-state index in [1.807, 2.05) is 30.3 Å². The molecule has 2 rings (SSSR count). The lowest BCUT2D eigenvalue weighted by atomic mass is 10.3. The highest BCUT2D eigenvalue weighted by atomic mass is 35.5. The highest BCUT2D eigenvalue weighted by molar-refractivity contribution is 6.33. The average Bonchev–Trinajstić information content (AvgIpc) is 2.47. The van der Waals surface area contributed by atoms with Crippen molar-refractivity contribution in [3.63, 3.8) is 0 Å². The monoisotopic (exact) mass is 290 g/mol. The number of ether oxygens (including phenoxy) is 1. The molecule has 0 bridgehead atoms. The normalized spacial score (nSPS) is 9.85. The third kappa shape index (κ3) is 4.48. The summed E-state index contributed by atoms with van der Waals surface area (Å²) >= 11 is 5.94. The predicted molar refractivity (Wildman–Crippen MR) is 80.4 cm³/mol. The summed E-state index contributed by atoms with van der Waals surface area (Å²) in [5.41, 5.74) is 0.579. The third-order valence-electron chi connectivity index (χ3n) is 2.52. The second-order valence-corrected chi connectivity index (χ2v) is 4.43. The summed E-state index contributed by atoms with van der Waals surface area (Å²) < 4.78 is 5.46. The Bertz CT molecular complexity index is 561. The fraction of sp³-hybridized carbons (Fsp3) is 0.133. The predicted octanol–water partition coefficient (Wildman–Crippen LogP) is 3.54. The number of anilines is 1. The summed E-state index contributed by atoms with van der Waals surface area (Å²) in [7, 11) is 0. The van der Waals surface area contributed by atoms with Gasteiger partial charge in [-0.15, -0.1) is 0 Å². The summed E-state index contributed by atoms with van der Waals surface area (Å²) in [4.78, 5) is 11.6. The molecule has 0 heterocycles. The smallest absolute Gasteiger partial charge is 0.319 e. The molecule has 0 aliphatic rings. The fourth-order valence-electron chi connectivity index (χ4n) is 1.58. The summed E-state index contributed by atoms with van der Waals surface area (Å²) in [5.74, 6) is 0.779. The minimum absolute atomic E-state index is 0.310. The van der Waals surface area contributed by atoms with Gasteiger partial charge in [0.15, 0.2) is 0 Å². The van der Waals surface area contributed by atoms with Crippen molar-refractivity contribution in [1.29, 1.82) is 0 Å². The Balaban J connectivity index is 1.69. The van der Waals surface area contributed by atoms with Crippen LogP contribution in [0.3, 0.4) is 0 Å². The van der Waals surface area contributed by atoms with Crippen LogP contribution in [-0.4, -0.2) is 19.2 Å². The number of halogens is 1. The van der Waals surface area contributed by atoms with Gasteiger partial charge in [-0.05, 0) is 24.3 Å². The summed E-state index contributed by atoms with van der Waals surface area (Å²) in [6, 6.07) is 16.2. The zero-order valence-electron chi connectivity index (χ0n) is 10.8. The Morgan fingerprint density at radius 3 is 2.50 bits per heavy atom. The first-order valence-corrected chi connectivity index (χ1v) is 6.61. The van der Waals surface area contributed by atoms with Crippen LogP contribution in [-0.2, 0) is 0 Å². The number of hydrogen-bond donors (Lipinski definition) is 2. The van der Waals surface area contributed by atoms with E-state index in [2.05, 4.69) is 10.6 Å². The lowest BCUT2D eigenvalue weighted by Crippen LogP contribution is -2.32. The van der Waals surface area contributed by atoms with Crippen LogP contribution < -0.4 is 15.4 Å². The minimum Gasteiger partial charge on any atom is -0.492 e. The van der Waals surface area contributed by atoms with E-state index in [9.17, 15) is 4.79 Å². The second-order valence-electron chi connectivity index (χ2n) is 4.02. The van der Waals surface area contributed by atoms with E-state index in [4.69, 9.17) is 16.3 Å². The molecule has 0 aliphatic carbocycles. The van der Waals surface area contributed by atoms with E-state index >= 15 is 0 Å². The Kier molecular flexibility index (Phi) is 5.26. The van der Waals surface area contributed by atoms with E-state index < -0.39 is 0 Å². The quantitative estimate of drug-likeness (QED) is 0.828. The van der Waals surface area contributed by atoms with Crippen LogP contribution in [0.15, 0.2) is 54.6 Å². The number of benzene rings is 2. The van der Waals surface area contributed by atoms with Gasteiger partial charge in [0.2, 0.25) is 0 Å². The zero-order chi connectivity index (χ0) is 14.2. The maximum atomic E-state index is 11.6. The first-order valence-electron chi connectivity index (χ1n) is 6.23. The Morgan fingerprint density at radius 2 is 1.75 bits per heavy atom. The number of urea groups is 1. The SMILES string of the molecule is O=C(NCCOc1ccccc1)Nc1ccccc1Cl. The topological polar surface area (TPSA) is 50.4 Å². The van der Waals surface area contributed by atoms with Crippen molar-refractivity contribution in [2.75, 3.05) is 18.5 Å². The van der Waals surface area contributed by atoms with Crippen molar-refractivity contribution in [2.24, 2.45) is 0 Å². The number of nitrogens with one attached hydrogen (secondary N) is 2. The molecular weight excluding hydrogens is 276 g/mol. The van der Waals surface area contributed by atoms with Crippen LogP contribution >= 0.6 is 11.6 Å². The standard InChI is InChI=1S/C15H15ClN2O2/c16-13-8-4-5-9-14(13)18-15(19)17-10-11-20-12-6-2-1-3-7-12/h1-9H,10-11H2,(H2,17,18,19). The van der Waals surface area contributed by atoms with Crippen LogP contribution in [0.1, 0.15) is 0 Å². The number of hydrogen-bond acceptors (Lipinski definition) is 2. The molecule has 5 heteroatoms. The number of carbonyl (C=O) groups excluding carboxylic acids is 1. The number of amides is 2. The molecule has 0 aromatic heterocycles. The first kappa shape index (κ1) is 14.2. The van der Waals surface area contributed by atoms with Gasteiger partial charge in [-0.25, -0.2) is 4.79 Å². The third-order valence-corrected chi connectivity index (χ3v) is 2.85. The molecule has 2 aromatic rings. The number of rotatable bonds is 5. The van der Waals surface area contributed by atoms with Crippen molar-refractivity contribution in [3.8, 4) is 5.75 Å². The fourth-order valence-corrected chi connectivity index (χ4v) is 1.76. The summed E-state index contributed by atoms with van der Waals surface area (Å²) in [6.07, 6.45) is 0. The van der Waals surface area contributed by atoms with Gasteiger partial charge < -0.3 is 15.4 Å². The Hall–Kier alpha value is -2.20. The molecular formula is C15H15ClN2O2. The molecule has 0 spiro atoms. The highest BCUT2D eigenvalue weighted by Gasteiger charge is 2.03. The molecule has 0 aliphatic heterocycles. The van der Waals surface area contributed by atoms with E-state index in [0.29, 0.717) is 23.9 Å². The maximum Gasteiger partial charge on any atom is 0.319 e. The molecule has 4 nitrogen and oxygen atoms in total. The van der Waals surface area contributed by atoms with Crippen LogP contribution in [0.2, 0.25) is 5.02 Å². The maximum absolute atomic E-state index is 11.6. The average molecular weight is 291 g/mol. The van der Waals surface area contributed by atoms with Gasteiger partial charge in [0.05, 0.1) is 17.3 Å². The van der Waals surface area contributed by atoms with Crippen LogP contribution in [0.25, 0.3) is 0 Å². The molecule has 20 heavy (non-hydrogen) atoms. The van der Waals surface area contributed by atoms with Crippen molar-refractivity contribution in [3.05, 3.63) is 59.6 Å². The first-order chi connectivity index (χ1) is 9.75. The second kappa shape index (κ2) is 7.40. The van der Waals surface area contributed by atoms with Gasteiger partial charge in [-0.1, -0.05) is 41.9 Å². The van der Waals surface area contributed by atoms with Gasteiger partial charge in [-0.2, -0.15) is 0 Å². The van der Waals surface area contributed by atoms with Gasteiger partial charge in [0.1, 0.15) is 12.4 Å². The highest BCUT2D eigenvalue weighted by Crippen LogP contribution is 2.19. The van der Waals surface area contributed by atoms with Crippen molar-refractivity contribution in [2.45, 2.75) is 0 Å². The lowest BCUT2D eigenvalue weighted by Gasteiger charge is -2.09. The zero-order valence-corrected chi connectivity index (χ0v) is 11.6. The molecule has 0 saturated carbocycles. The summed E-state index contributed by atoms with van der Waals surface area (Å²) in [5, 5.41) is 5.87. The van der Waals surface area contributed by atoms with Gasteiger partial charge in [0, 0.05) is 0 Å². The minimum atomic E-state index is -0.310. The number of para-hydroxylation sites is 2. The summed E-state index contributed by atoms with van der Waals surface area (Å²) in [6.45, 7) is 0.811. The molecule has 2 N–H and O–H groups in total. The van der Waals surface area contributed by atoms with Gasteiger partial charge >= 0.3 is 6.03 Å². The molecule has 0 atom stereocenters. The van der Waals surface area contributed by atoms with Crippen LogP contribution in [0.5, 0.6) is 5.75 Å². The number of carbonyl (C=O) groups is 1. The van der Waals surface area contributed by atoms with E-state index in [0.717, 1.165) is 5.75 Å². The molecule has 0 saturated heterocycles. The van der Waals surface area contributed by atoms with Crippen molar-refractivity contribution >= 4 is 23.3 Å². The molecule has 2 aromatic carbocycles. The molecule has 0 fully saturated rings. The largest absolute Gasteiger partial charge is 0.492 e. The Morgan fingerprint density at radius 1 is 1.05 bits per heavy atom.